The van der Waals surface area contributed by atoms with Crippen LogP contribution < -0.4 is 0 Å². The summed E-state index contributed by atoms with van der Waals surface area (Å²) in [4.78, 5) is 23.7. The highest BCUT2D eigenvalue weighted by Gasteiger charge is 2.22. The van der Waals surface area contributed by atoms with E-state index in [9.17, 15) is 9.59 Å². The van der Waals surface area contributed by atoms with E-state index in [0.29, 0.717) is 5.56 Å². The zero-order chi connectivity index (χ0) is 13.8. The molecule has 0 aliphatic heterocycles. The molecule has 0 fully saturated rings. The summed E-state index contributed by atoms with van der Waals surface area (Å²) in [6.07, 6.45) is 5.08. The molecule has 0 spiro atoms. The fourth-order valence-corrected chi connectivity index (χ4v) is 1.43. The van der Waals surface area contributed by atoms with Crippen molar-refractivity contribution in [1.82, 2.24) is 0 Å². The van der Waals surface area contributed by atoms with Gasteiger partial charge < -0.3 is 4.74 Å². The van der Waals surface area contributed by atoms with Crippen molar-refractivity contribution in [1.29, 1.82) is 0 Å². The van der Waals surface area contributed by atoms with Crippen molar-refractivity contribution in [3.8, 4) is 12.3 Å². The average Bonchev–Trinajstić information content (AvgIpc) is 2.27. The lowest BCUT2D eigenvalue weighted by Gasteiger charge is -2.20. The highest BCUT2D eigenvalue weighted by atomic mass is 16.6. The van der Waals surface area contributed by atoms with E-state index in [1.54, 1.807) is 45.0 Å². The summed E-state index contributed by atoms with van der Waals surface area (Å²) < 4.78 is 5.25. The van der Waals surface area contributed by atoms with Crippen LogP contribution in [0.2, 0.25) is 0 Å². The number of carbonyl (C=O) groups is 2. The van der Waals surface area contributed by atoms with Gasteiger partial charge in [0.1, 0.15) is 5.60 Å². The second-order valence-electron chi connectivity index (χ2n) is 4.85. The van der Waals surface area contributed by atoms with Crippen LogP contribution in [0.4, 0.5) is 0 Å². The Hall–Kier alpha value is -2.08. The Kier molecular flexibility index (Phi) is 4.28. The zero-order valence-corrected chi connectivity index (χ0v) is 10.8. The highest BCUT2D eigenvalue weighted by Crippen LogP contribution is 2.16. The maximum absolute atomic E-state index is 12.0. The van der Waals surface area contributed by atoms with Crippen LogP contribution in [0.1, 0.15) is 47.9 Å². The van der Waals surface area contributed by atoms with E-state index in [0.717, 1.165) is 0 Å². The van der Waals surface area contributed by atoms with Crippen LogP contribution in [0.5, 0.6) is 0 Å². The second kappa shape index (κ2) is 5.50. The van der Waals surface area contributed by atoms with Crippen LogP contribution in [0.15, 0.2) is 24.3 Å². The number of esters is 1. The van der Waals surface area contributed by atoms with Crippen molar-refractivity contribution in [3.05, 3.63) is 35.4 Å². The Morgan fingerprint density at radius 1 is 1.22 bits per heavy atom. The smallest absolute Gasteiger partial charge is 0.339 e. The normalized spacial score (nSPS) is 10.6. The van der Waals surface area contributed by atoms with Crippen LogP contribution in [-0.4, -0.2) is 17.4 Å². The molecular weight excluding hydrogens is 228 g/mol. The van der Waals surface area contributed by atoms with Gasteiger partial charge in [-0.15, -0.1) is 6.42 Å². The van der Waals surface area contributed by atoms with Gasteiger partial charge in [-0.25, -0.2) is 4.79 Å². The topological polar surface area (TPSA) is 43.4 Å². The number of ketones is 1. The van der Waals surface area contributed by atoms with Crippen molar-refractivity contribution in [2.75, 3.05) is 0 Å². The minimum atomic E-state index is -0.598. The molecule has 0 saturated carbocycles. The quantitative estimate of drug-likeness (QED) is 0.466. The molecule has 0 amide bonds. The van der Waals surface area contributed by atoms with Gasteiger partial charge >= 0.3 is 5.97 Å². The lowest BCUT2D eigenvalue weighted by molar-refractivity contribution is 0.00678. The number of ether oxygens (including phenoxy) is 1. The molecule has 0 aromatic heterocycles. The van der Waals surface area contributed by atoms with Gasteiger partial charge in [-0.1, -0.05) is 24.1 Å². The number of hydrogen-bond donors (Lipinski definition) is 0. The molecule has 0 aliphatic carbocycles. The largest absolute Gasteiger partial charge is 0.456 e. The molecule has 3 nitrogen and oxygen atoms in total. The van der Waals surface area contributed by atoms with Gasteiger partial charge in [-0.3, -0.25) is 4.79 Å². The summed E-state index contributed by atoms with van der Waals surface area (Å²) in [5.74, 6) is 1.52. The predicted molar refractivity (Wildman–Crippen MR) is 69.4 cm³/mol. The van der Waals surface area contributed by atoms with E-state index in [4.69, 9.17) is 11.2 Å². The monoisotopic (exact) mass is 244 g/mol. The van der Waals surface area contributed by atoms with Gasteiger partial charge in [0, 0.05) is 5.56 Å². The second-order valence-corrected chi connectivity index (χ2v) is 4.85. The van der Waals surface area contributed by atoms with Crippen LogP contribution in [0.3, 0.4) is 0 Å². The first-order valence-corrected chi connectivity index (χ1v) is 5.64. The Bertz CT molecular complexity index is 501. The lowest BCUT2D eigenvalue weighted by Crippen LogP contribution is -2.25. The van der Waals surface area contributed by atoms with E-state index in [1.807, 2.05) is 0 Å². The fraction of sp³-hybridized carbons (Fsp3) is 0.333. The van der Waals surface area contributed by atoms with Gasteiger partial charge in [-0.2, -0.15) is 0 Å². The molecule has 1 rings (SSSR count). The molecule has 0 radical (unpaired) electrons. The third-order valence-electron chi connectivity index (χ3n) is 2.11. The standard InChI is InChI=1S/C15H16O3/c1-5-8-13(16)11-9-6-7-10-12(11)14(17)18-15(2,3)4/h1,6-7,9-10H,8H2,2-4H3. The van der Waals surface area contributed by atoms with Crippen LogP contribution in [-0.2, 0) is 4.74 Å². The summed E-state index contributed by atoms with van der Waals surface area (Å²) in [5.41, 5.74) is -0.0308. The Balaban J connectivity index is 3.07. The number of rotatable bonds is 3. The lowest BCUT2D eigenvalue weighted by atomic mass is 10.0. The van der Waals surface area contributed by atoms with Crippen molar-refractivity contribution < 1.29 is 14.3 Å². The summed E-state index contributed by atoms with van der Waals surface area (Å²) >= 11 is 0. The molecule has 0 saturated heterocycles. The number of hydrogen-bond acceptors (Lipinski definition) is 3. The van der Waals surface area contributed by atoms with E-state index in [1.165, 1.54) is 0 Å². The van der Waals surface area contributed by atoms with E-state index < -0.39 is 11.6 Å². The van der Waals surface area contributed by atoms with Gasteiger partial charge in [0.15, 0.2) is 5.78 Å². The third kappa shape index (κ3) is 3.74. The molecule has 18 heavy (non-hydrogen) atoms. The number of Topliss-reactive ketones (excluding diaryl/α,β-unsaturated/α-hetero) is 1. The summed E-state index contributed by atoms with van der Waals surface area (Å²) in [7, 11) is 0. The molecule has 1 aromatic carbocycles. The predicted octanol–water partition coefficient (Wildman–Crippen LogP) is 2.85. The molecule has 3 heteroatoms. The molecule has 0 bridgehead atoms. The maximum Gasteiger partial charge on any atom is 0.339 e. The molecule has 0 heterocycles. The minimum Gasteiger partial charge on any atom is -0.456 e. The Labute approximate surface area is 107 Å². The number of benzene rings is 1. The maximum atomic E-state index is 12.0. The fourth-order valence-electron chi connectivity index (χ4n) is 1.43. The number of carbonyl (C=O) groups excluding carboxylic acids is 2. The Morgan fingerprint density at radius 2 is 1.78 bits per heavy atom. The molecule has 0 aliphatic rings. The average molecular weight is 244 g/mol. The van der Waals surface area contributed by atoms with Crippen LogP contribution in [0.25, 0.3) is 0 Å². The van der Waals surface area contributed by atoms with E-state index in [2.05, 4.69) is 5.92 Å². The molecular formula is C15H16O3. The first-order valence-electron chi connectivity index (χ1n) is 5.64. The minimum absolute atomic E-state index is 0.0280. The molecule has 0 atom stereocenters. The summed E-state index contributed by atoms with van der Waals surface area (Å²) in [6, 6.07) is 6.53. The summed E-state index contributed by atoms with van der Waals surface area (Å²) in [5, 5.41) is 0. The third-order valence-corrected chi connectivity index (χ3v) is 2.11. The Morgan fingerprint density at radius 3 is 2.28 bits per heavy atom. The van der Waals surface area contributed by atoms with Gasteiger partial charge in [0.2, 0.25) is 0 Å². The summed E-state index contributed by atoms with van der Waals surface area (Å²) in [6.45, 7) is 5.32. The van der Waals surface area contributed by atoms with Crippen molar-refractivity contribution in [3.63, 3.8) is 0 Å². The first kappa shape index (κ1) is 14.0. The van der Waals surface area contributed by atoms with E-state index >= 15 is 0 Å². The van der Waals surface area contributed by atoms with Crippen molar-refractivity contribution in [2.45, 2.75) is 32.8 Å². The van der Waals surface area contributed by atoms with Gasteiger partial charge in [0.05, 0.1) is 12.0 Å². The molecule has 0 N–H and O–H groups in total. The molecule has 0 unspecified atom stereocenters. The van der Waals surface area contributed by atoms with Crippen molar-refractivity contribution >= 4 is 11.8 Å². The zero-order valence-electron chi connectivity index (χ0n) is 10.8. The van der Waals surface area contributed by atoms with Gasteiger partial charge in [-0.05, 0) is 26.8 Å². The highest BCUT2D eigenvalue weighted by molar-refractivity contribution is 6.07. The van der Waals surface area contributed by atoms with Crippen molar-refractivity contribution in [2.24, 2.45) is 0 Å². The van der Waals surface area contributed by atoms with E-state index in [-0.39, 0.29) is 17.8 Å². The SMILES string of the molecule is C#CCC(=O)c1ccccc1C(=O)OC(C)(C)C. The van der Waals surface area contributed by atoms with Crippen LogP contribution >= 0.6 is 0 Å². The first-order chi connectivity index (χ1) is 8.35. The van der Waals surface area contributed by atoms with Crippen LogP contribution in [0, 0.1) is 12.3 Å². The molecule has 94 valence electrons. The molecule has 1 aromatic rings. The van der Waals surface area contributed by atoms with Gasteiger partial charge in [0.25, 0.3) is 0 Å². The number of terminal acetylenes is 1.